The lowest BCUT2D eigenvalue weighted by Crippen LogP contribution is -2.24. The lowest BCUT2D eigenvalue weighted by molar-refractivity contribution is 0.0917. The molecule has 0 spiro atoms. The quantitative estimate of drug-likeness (QED) is 0.781. The fourth-order valence-corrected chi connectivity index (χ4v) is 2.91. The van der Waals surface area contributed by atoms with Gasteiger partial charge in [0.1, 0.15) is 5.82 Å². The van der Waals surface area contributed by atoms with Crippen molar-refractivity contribution in [3.05, 3.63) is 58.9 Å². The van der Waals surface area contributed by atoms with Crippen LogP contribution < -0.4 is 5.32 Å². The van der Waals surface area contributed by atoms with E-state index in [1.807, 2.05) is 0 Å². The highest BCUT2D eigenvalue weighted by Gasteiger charge is 2.22. The number of H-pyrrole nitrogens is 1. The van der Waals surface area contributed by atoms with Gasteiger partial charge in [-0.1, -0.05) is 0 Å². The largest absolute Gasteiger partial charge is 0.459 e. The van der Waals surface area contributed by atoms with Crippen molar-refractivity contribution in [3.63, 3.8) is 0 Å². The molecule has 2 aromatic heterocycles. The van der Waals surface area contributed by atoms with Crippen molar-refractivity contribution in [2.45, 2.75) is 19.6 Å². The van der Waals surface area contributed by atoms with Gasteiger partial charge in [0.25, 0.3) is 5.91 Å². The van der Waals surface area contributed by atoms with Gasteiger partial charge in [-0.25, -0.2) is 4.39 Å². The second kappa shape index (κ2) is 5.55. The van der Waals surface area contributed by atoms with Gasteiger partial charge in [0.05, 0.1) is 19.5 Å². The van der Waals surface area contributed by atoms with Crippen LogP contribution in [-0.2, 0) is 24.3 Å². The Labute approximate surface area is 131 Å². The predicted octanol–water partition coefficient (Wildman–Crippen LogP) is 2.90. The van der Waals surface area contributed by atoms with E-state index in [-0.39, 0.29) is 11.7 Å². The van der Waals surface area contributed by atoms with Crippen LogP contribution in [0.5, 0.6) is 0 Å². The highest BCUT2D eigenvalue weighted by molar-refractivity contribution is 5.93. The number of rotatable bonds is 3. The summed E-state index contributed by atoms with van der Waals surface area (Å²) in [7, 11) is 0. The number of aromatic amines is 1. The molecule has 0 fully saturated rings. The molecule has 4 rings (SSSR count). The van der Waals surface area contributed by atoms with Crippen molar-refractivity contribution in [1.29, 1.82) is 0 Å². The van der Waals surface area contributed by atoms with E-state index in [0.29, 0.717) is 31.9 Å². The third kappa shape index (κ3) is 2.51. The zero-order chi connectivity index (χ0) is 15.8. The third-order valence-electron chi connectivity index (χ3n) is 4.11. The van der Waals surface area contributed by atoms with Gasteiger partial charge in [0.15, 0.2) is 5.76 Å². The number of halogens is 1. The number of fused-ring (bicyclic) bond motifs is 2. The monoisotopic (exact) mass is 314 g/mol. The summed E-state index contributed by atoms with van der Waals surface area (Å²) >= 11 is 0. The Kier molecular flexibility index (Phi) is 3.38. The van der Waals surface area contributed by atoms with Gasteiger partial charge in [-0.2, -0.15) is 0 Å². The first-order valence-electron chi connectivity index (χ1n) is 7.43. The summed E-state index contributed by atoms with van der Waals surface area (Å²) in [6, 6.07) is 4.54. The number of amides is 1. The van der Waals surface area contributed by atoms with Crippen molar-refractivity contribution in [3.8, 4) is 0 Å². The normalized spacial score (nSPS) is 14.0. The summed E-state index contributed by atoms with van der Waals surface area (Å²) in [6.45, 7) is 1.37. The summed E-state index contributed by atoms with van der Waals surface area (Å²) in [4.78, 5) is 15.4. The van der Waals surface area contributed by atoms with E-state index in [1.54, 1.807) is 18.5 Å². The van der Waals surface area contributed by atoms with Gasteiger partial charge in [0.2, 0.25) is 0 Å². The maximum absolute atomic E-state index is 13.4. The Balaban J connectivity index is 1.53. The summed E-state index contributed by atoms with van der Waals surface area (Å²) < 4.78 is 24.1. The van der Waals surface area contributed by atoms with Crippen molar-refractivity contribution in [2.75, 3.05) is 6.61 Å². The van der Waals surface area contributed by atoms with Crippen LogP contribution in [0.25, 0.3) is 10.9 Å². The van der Waals surface area contributed by atoms with Gasteiger partial charge in [-0.3, -0.25) is 4.79 Å². The highest BCUT2D eigenvalue weighted by atomic mass is 19.1. The molecule has 0 saturated carbocycles. The molecule has 1 aliphatic heterocycles. The van der Waals surface area contributed by atoms with E-state index in [2.05, 4.69) is 10.3 Å². The molecule has 0 saturated heterocycles. The van der Waals surface area contributed by atoms with Crippen LogP contribution in [0.3, 0.4) is 0 Å². The zero-order valence-corrected chi connectivity index (χ0v) is 12.3. The summed E-state index contributed by atoms with van der Waals surface area (Å²) in [5.41, 5.74) is 3.51. The Morgan fingerprint density at radius 1 is 1.39 bits per heavy atom. The van der Waals surface area contributed by atoms with E-state index in [4.69, 9.17) is 9.15 Å². The number of furan rings is 1. The molecule has 0 bridgehead atoms. The average molecular weight is 314 g/mol. The molecular formula is C17H15FN2O3. The lowest BCUT2D eigenvalue weighted by atomic mass is 10.1. The van der Waals surface area contributed by atoms with Crippen LogP contribution >= 0.6 is 0 Å². The van der Waals surface area contributed by atoms with Gasteiger partial charge in [-0.15, -0.1) is 0 Å². The molecular weight excluding hydrogens is 299 g/mol. The molecule has 2 N–H and O–H groups in total. The smallest absolute Gasteiger partial charge is 0.287 e. The lowest BCUT2D eigenvalue weighted by Gasteiger charge is -2.12. The minimum atomic E-state index is -0.301. The Morgan fingerprint density at radius 2 is 2.30 bits per heavy atom. The number of carbonyl (C=O) groups is 1. The number of nitrogens with one attached hydrogen (secondary N) is 2. The molecule has 1 amide bonds. The van der Waals surface area contributed by atoms with E-state index < -0.39 is 0 Å². The summed E-state index contributed by atoms with van der Waals surface area (Å²) in [5.74, 6) is -0.224. The van der Waals surface area contributed by atoms with Gasteiger partial charge in [0, 0.05) is 41.2 Å². The molecule has 1 aromatic carbocycles. The van der Waals surface area contributed by atoms with Crippen molar-refractivity contribution < 1.29 is 18.3 Å². The van der Waals surface area contributed by atoms with Crippen molar-refractivity contribution in [2.24, 2.45) is 0 Å². The number of ether oxygens (including phenoxy) is 1. The SMILES string of the molecule is O=C(NCc1c[nH]c2ccc(F)cc12)c1occ2c1CCOC2. The van der Waals surface area contributed by atoms with Crippen LogP contribution in [0.2, 0.25) is 0 Å². The van der Waals surface area contributed by atoms with Crippen molar-refractivity contribution in [1.82, 2.24) is 10.3 Å². The molecule has 3 aromatic rings. The molecule has 0 aliphatic carbocycles. The Bertz CT molecular complexity index is 881. The molecule has 0 unspecified atom stereocenters. The van der Waals surface area contributed by atoms with Crippen LogP contribution in [-0.4, -0.2) is 17.5 Å². The van der Waals surface area contributed by atoms with E-state index >= 15 is 0 Å². The maximum Gasteiger partial charge on any atom is 0.287 e. The van der Waals surface area contributed by atoms with Crippen LogP contribution in [0.15, 0.2) is 35.1 Å². The number of hydrogen-bond acceptors (Lipinski definition) is 3. The predicted molar refractivity (Wildman–Crippen MR) is 81.5 cm³/mol. The zero-order valence-electron chi connectivity index (χ0n) is 12.3. The Morgan fingerprint density at radius 3 is 3.22 bits per heavy atom. The van der Waals surface area contributed by atoms with E-state index in [1.165, 1.54) is 12.1 Å². The van der Waals surface area contributed by atoms with Crippen molar-refractivity contribution >= 4 is 16.8 Å². The Hall–Kier alpha value is -2.60. The number of aromatic nitrogens is 1. The highest BCUT2D eigenvalue weighted by Crippen LogP contribution is 2.23. The first-order chi connectivity index (χ1) is 11.2. The first-order valence-corrected chi connectivity index (χ1v) is 7.43. The minimum Gasteiger partial charge on any atom is -0.459 e. The second-order valence-electron chi connectivity index (χ2n) is 5.56. The summed E-state index contributed by atoms with van der Waals surface area (Å²) in [5, 5.41) is 3.60. The average Bonchev–Trinajstić information content (AvgIpc) is 3.16. The molecule has 0 radical (unpaired) electrons. The first kappa shape index (κ1) is 14.0. The number of benzene rings is 1. The molecule has 5 nitrogen and oxygen atoms in total. The molecule has 6 heteroatoms. The van der Waals surface area contributed by atoms with E-state index in [9.17, 15) is 9.18 Å². The molecule has 118 valence electrons. The van der Waals surface area contributed by atoms with E-state index in [0.717, 1.165) is 27.6 Å². The van der Waals surface area contributed by atoms with Gasteiger partial charge in [-0.05, 0) is 23.8 Å². The fraction of sp³-hybridized carbons (Fsp3) is 0.235. The van der Waals surface area contributed by atoms with Crippen LogP contribution in [0.1, 0.15) is 27.2 Å². The van der Waals surface area contributed by atoms with Crippen LogP contribution in [0, 0.1) is 5.82 Å². The number of hydrogen-bond donors (Lipinski definition) is 2. The minimum absolute atomic E-state index is 0.265. The topological polar surface area (TPSA) is 67.3 Å². The van der Waals surface area contributed by atoms with Gasteiger partial charge < -0.3 is 19.5 Å². The molecule has 0 atom stereocenters. The molecule has 1 aliphatic rings. The molecule has 23 heavy (non-hydrogen) atoms. The molecule has 3 heterocycles. The maximum atomic E-state index is 13.4. The third-order valence-corrected chi connectivity index (χ3v) is 4.11. The van der Waals surface area contributed by atoms with Crippen LogP contribution in [0.4, 0.5) is 4.39 Å². The number of carbonyl (C=O) groups excluding carboxylic acids is 1. The van der Waals surface area contributed by atoms with Gasteiger partial charge >= 0.3 is 0 Å². The summed E-state index contributed by atoms with van der Waals surface area (Å²) in [6.07, 6.45) is 4.02. The standard InChI is InChI=1S/C17H15FN2O3/c18-12-1-2-15-14(5-12)10(6-19-15)7-20-17(21)16-13-3-4-22-8-11(13)9-23-16/h1-2,5-6,9,19H,3-4,7-8H2,(H,20,21). The second-order valence-corrected chi connectivity index (χ2v) is 5.56. The fourth-order valence-electron chi connectivity index (χ4n) is 2.91.